The molecule has 1 aromatic carbocycles. The van der Waals surface area contributed by atoms with Gasteiger partial charge in [-0.25, -0.2) is 0 Å². The quantitative estimate of drug-likeness (QED) is 0.729. The van der Waals surface area contributed by atoms with Gasteiger partial charge in [0.15, 0.2) is 0 Å². The van der Waals surface area contributed by atoms with E-state index in [-0.39, 0.29) is 0 Å². The van der Waals surface area contributed by atoms with Crippen molar-refractivity contribution < 1.29 is 14.8 Å². The lowest BCUT2D eigenvalue weighted by Gasteiger charge is -2.11. The highest BCUT2D eigenvalue weighted by molar-refractivity contribution is 6.62. The summed E-state index contributed by atoms with van der Waals surface area (Å²) in [6, 6.07) is 3.23. The van der Waals surface area contributed by atoms with E-state index in [0.29, 0.717) is 22.8 Å². The molecule has 0 saturated carbocycles. The van der Waals surface area contributed by atoms with Crippen LogP contribution >= 0.6 is 11.6 Å². The first-order chi connectivity index (χ1) is 6.57. The smallest absolute Gasteiger partial charge is 0.489 e. The molecular formula is C9H12BClO3. The van der Waals surface area contributed by atoms with E-state index in [4.69, 9.17) is 26.4 Å². The van der Waals surface area contributed by atoms with E-state index in [2.05, 4.69) is 0 Å². The Bertz CT molecular complexity index is 328. The minimum atomic E-state index is -1.54. The Hall–Kier alpha value is -0.705. The van der Waals surface area contributed by atoms with Gasteiger partial charge in [-0.05, 0) is 19.9 Å². The highest BCUT2D eigenvalue weighted by Gasteiger charge is 2.18. The predicted octanol–water partition coefficient (Wildman–Crippen LogP) is 0.727. The lowest BCUT2D eigenvalue weighted by Crippen LogP contribution is -2.31. The maximum Gasteiger partial charge on any atom is 0.489 e. The average Bonchev–Trinajstić information content (AvgIpc) is 2.13. The van der Waals surface area contributed by atoms with Crippen molar-refractivity contribution in [1.82, 2.24) is 0 Å². The summed E-state index contributed by atoms with van der Waals surface area (Å²) in [5.74, 6) is 0.668. The van der Waals surface area contributed by atoms with Crippen LogP contribution in [0, 0.1) is 6.92 Å². The summed E-state index contributed by atoms with van der Waals surface area (Å²) in [5, 5.41) is 18.3. The Morgan fingerprint density at radius 2 is 2.07 bits per heavy atom. The Kier molecular flexibility index (Phi) is 3.81. The molecule has 0 aliphatic heterocycles. The van der Waals surface area contributed by atoms with Gasteiger partial charge >= 0.3 is 7.12 Å². The summed E-state index contributed by atoms with van der Waals surface area (Å²) in [4.78, 5) is 0. The zero-order valence-corrected chi connectivity index (χ0v) is 8.88. The van der Waals surface area contributed by atoms with Crippen molar-refractivity contribution in [3.63, 3.8) is 0 Å². The number of hydrogen-bond donors (Lipinski definition) is 2. The normalized spacial score (nSPS) is 10.1. The van der Waals surface area contributed by atoms with Gasteiger partial charge < -0.3 is 14.8 Å². The number of benzene rings is 1. The molecule has 3 nitrogen and oxygen atoms in total. The predicted molar refractivity (Wildman–Crippen MR) is 57.2 cm³/mol. The first-order valence-electron chi connectivity index (χ1n) is 4.35. The summed E-state index contributed by atoms with van der Waals surface area (Å²) < 4.78 is 5.30. The lowest BCUT2D eigenvalue weighted by molar-refractivity contribution is 0.338. The average molecular weight is 214 g/mol. The van der Waals surface area contributed by atoms with Crippen LogP contribution in [-0.4, -0.2) is 23.8 Å². The van der Waals surface area contributed by atoms with Gasteiger partial charge in [0.1, 0.15) is 5.75 Å². The molecule has 0 spiro atoms. The third kappa shape index (κ3) is 2.21. The summed E-state index contributed by atoms with van der Waals surface area (Å²) >= 11 is 5.93. The molecule has 1 rings (SSSR count). The van der Waals surface area contributed by atoms with Crippen LogP contribution in [0.2, 0.25) is 5.02 Å². The molecule has 1 aromatic rings. The molecule has 0 aromatic heterocycles. The van der Waals surface area contributed by atoms with Crippen LogP contribution in [0.3, 0.4) is 0 Å². The molecule has 0 unspecified atom stereocenters. The van der Waals surface area contributed by atoms with Gasteiger partial charge in [-0.2, -0.15) is 0 Å². The van der Waals surface area contributed by atoms with Gasteiger partial charge in [0.05, 0.1) is 6.61 Å². The molecule has 14 heavy (non-hydrogen) atoms. The molecule has 0 atom stereocenters. The maximum absolute atomic E-state index is 8.98. The van der Waals surface area contributed by atoms with Crippen LogP contribution < -0.4 is 10.2 Å². The van der Waals surface area contributed by atoms with E-state index < -0.39 is 7.12 Å². The van der Waals surface area contributed by atoms with Crippen molar-refractivity contribution in [1.29, 1.82) is 0 Å². The van der Waals surface area contributed by atoms with Gasteiger partial charge in [-0.15, -0.1) is 0 Å². The zero-order chi connectivity index (χ0) is 10.7. The molecule has 76 valence electrons. The van der Waals surface area contributed by atoms with Crippen molar-refractivity contribution in [2.45, 2.75) is 13.8 Å². The maximum atomic E-state index is 8.98. The Balaban J connectivity index is 3.12. The third-order valence-corrected chi connectivity index (χ3v) is 2.45. The first-order valence-corrected chi connectivity index (χ1v) is 4.73. The zero-order valence-electron chi connectivity index (χ0n) is 8.12. The standard InChI is InChI=1S/C9H12BClO3/c1-3-14-8-5-4-7(10(12)13)9(11)6(8)2/h4-5,12-13H,3H2,1-2H3. The van der Waals surface area contributed by atoms with E-state index in [1.807, 2.05) is 6.92 Å². The second-order valence-electron chi connectivity index (χ2n) is 2.90. The van der Waals surface area contributed by atoms with E-state index >= 15 is 0 Å². The second kappa shape index (κ2) is 4.69. The van der Waals surface area contributed by atoms with Crippen LogP contribution in [0.25, 0.3) is 0 Å². The van der Waals surface area contributed by atoms with E-state index in [0.717, 1.165) is 5.56 Å². The first kappa shape index (κ1) is 11.4. The summed E-state index contributed by atoms with van der Waals surface area (Å²) in [5.41, 5.74) is 1.02. The number of hydrogen-bond acceptors (Lipinski definition) is 3. The fraction of sp³-hybridized carbons (Fsp3) is 0.333. The van der Waals surface area contributed by atoms with Crippen LogP contribution in [0.5, 0.6) is 5.75 Å². The summed E-state index contributed by atoms with van der Waals surface area (Å²) in [6.07, 6.45) is 0. The second-order valence-corrected chi connectivity index (χ2v) is 3.28. The lowest BCUT2D eigenvalue weighted by atomic mass is 9.79. The van der Waals surface area contributed by atoms with E-state index in [1.54, 1.807) is 19.1 Å². The Morgan fingerprint density at radius 1 is 1.43 bits per heavy atom. The van der Waals surface area contributed by atoms with Crippen molar-refractivity contribution in [3.05, 3.63) is 22.7 Å². The van der Waals surface area contributed by atoms with Gasteiger partial charge in [-0.3, -0.25) is 0 Å². The third-order valence-electron chi connectivity index (χ3n) is 1.94. The molecule has 0 heterocycles. The van der Waals surface area contributed by atoms with Gasteiger partial charge in [-0.1, -0.05) is 17.7 Å². The molecular weight excluding hydrogens is 202 g/mol. The van der Waals surface area contributed by atoms with Gasteiger partial charge in [0, 0.05) is 16.0 Å². The van der Waals surface area contributed by atoms with E-state index in [1.165, 1.54) is 0 Å². The highest BCUT2D eigenvalue weighted by atomic mass is 35.5. The number of halogens is 1. The van der Waals surface area contributed by atoms with Gasteiger partial charge in [0.2, 0.25) is 0 Å². The topological polar surface area (TPSA) is 49.7 Å². The molecule has 0 aliphatic rings. The van der Waals surface area contributed by atoms with Crippen LogP contribution in [-0.2, 0) is 0 Å². The molecule has 0 saturated heterocycles. The van der Waals surface area contributed by atoms with Crippen LogP contribution in [0.15, 0.2) is 12.1 Å². The Labute approximate surface area is 88.4 Å². The largest absolute Gasteiger partial charge is 0.494 e. The highest BCUT2D eigenvalue weighted by Crippen LogP contribution is 2.23. The molecule has 0 amide bonds. The van der Waals surface area contributed by atoms with E-state index in [9.17, 15) is 0 Å². The number of ether oxygens (including phenoxy) is 1. The number of rotatable bonds is 3. The summed E-state index contributed by atoms with van der Waals surface area (Å²) in [7, 11) is -1.54. The minimum absolute atomic E-state index is 0.299. The van der Waals surface area contributed by atoms with Crippen LogP contribution in [0.4, 0.5) is 0 Å². The molecule has 5 heteroatoms. The Morgan fingerprint density at radius 3 is 2.57 bits per heavy atom. The molecule has 0 bridgehead atoms. The van der Waals surface area contributed by atoms with Crippen molar-refractivity contribution in [2.24, 2.45) is 0 Å². The minimum Gasteiger partial charge on any atom is -0.494 e. The molecule has 0 fully saturated rings. The van der Waals surface area contributed by atoms with Gasteiger partial charge in [0.25, 0.3) is 0 Å². The van der Waals surface area contributed by atoms with Crippen molar-refractivity contribution in [3.8, 4) is 5.75 Å². The summed E-state index contributed by atoms with van der Waals surface area (Å²) in [6.45, 7) is 4.21. The monoisotopic (exact) mass is 214 g/mol. The van der Waals surface area contributed by atoms with Crippen LogP contribution in [0.1, 0.15) is 12.5 Å². The van der Waals surface area contributed by atoms with Crippen molar-refractivity contribution in [2.75, 3.05) is 6.61 Å². The van der Waals surface area contributed by atoms with Crippen molar-refractivity contribution >= 4 is 24.2 Å². The fourth-order valence-electron chi connectivity index (χ4n) is 1.20. The molecule has 2 N–H and O–H groups in total. The molecule has 0 aliphatic carbocycles. The fourth-order valence-corrected chi connectivity index (χ4v) is 1.45. The SMILES string of the molecule is CCOc1ccc(B(O)O)c(Cl)c1C. The molecule has 0 radical (unpaired) electrons.